The first kappa shape index (κ1) is 21.6. The highest BCUT2D eigenvalue weighted by atomic mass is 32.2. The fourth-order valence-electron chi connectivity index (χ4n) is 2.13. The van der Waals surface area contributed by atoms with Crippen LogP contribution in [0.5, 0.6) is 0 Å². The molecule has 8 nitrogen and oxygen atoms in total. The average Bonchev–Trinajstić information content (AvgIpc) is 2.66. The van der Waals surface area contributed by atoms with E-state index in [1.165, 1.54) is 26.2 Å². The zero-order valence-corrected chi connectivity index (χ0v) is 17.4. The molecule has 1 amide bonds. The molecule has 2 rings (SSSR count). The lowest BCUT2D eigenvalue weighted by Gasteiger charge is -2.14. The number of hydrogen-bond donors (Lipinski definition) is 4. The third-order valence-corrected chi connectivity index (χ3v) is 5.71. The number of nitrogens with one attached hydrogen (secondary N) is 4. The minimum atomic E-state index is -3.55. The number of rotatable bonds is 6. The van der Waals surface area contributed by atoms with Crippen molar-refractivity contribution >= 4 is 44.6 Å². The summed E-state index contributed by atoms with van der Waals surface area (Å²) in [6, 6.07) is 13.9. The van der Waals surface area contributed by atoms with Crippen LogP contribution >= 0.6 is 12.2 Å². The van der Waals surface area contributed by atoms with E-state index in [9.17, 15) is 13.2 Å². The predicted octanol–water partition coefficient (Wildman–Crippen LogP) is 1.68. The Kier molecular flexibility index (Phi) is 7.32. The Labute approximate surface area is 170 Å². The molecule has 0 saturated heterocycles. The highest BCUT2D eigenvalue weighted by Gasteiger charge is 2.17. The zero-order chi connectivity index (χ0) is 20.7. The van der Waals surface area contributed by atoms with Crippen LogP contribution < -0.4 is 21.5 Å². The summed E-state index contributed by atoms with van der Waals surface area (Å²) in [4.78, 5) is 12.0. The third kappa shape index (κ3) is 6.19. The Morgan fingerprint density at radius 2 is 1.71 bits per heavy atom. The Balaban J connectivity index is 1.84. The zero-order valence-electron chi connectivity index (χ0n) is 15.8. The van der Waals surface area contributed by atoms with Gasteiger partial charge in [0.25, 0.3) is 5.91 Å². The number of thiocarbonyl (C=S) groups is 1. The van der Waals surface area contributed by atoms with Crippen LogP contribution in [0.3, 0.4) is 0 Å². The second kappa shape index (κ2) is 9.49. The van der Waals surface area contributed by atoms with E-state index in [2.05, 4.69) is 21.5 Å². The number of aryl methyl sites for hydroxylation is 1. The maximum atomic E-state index is 12.2. The van der Waals surface area contributed by atoms with Gasteiger partial charge in [-0.2, -0.15) is 0 Å². The van der Waals surface area contributed by atoms with Crippen molar-refractivity contribution in [1.82, 2.24) is 15.2 Å². The first-order chi connectivity index (χ1) is 13.2. The van der Waals surface area contributed by atoms with Gasteiger partial charge in [0.05, 0.1) is 11.4 Å². The van der Waals surface area contributed by atoms with Crippen LogP contribution in [0, 0.1) is 6.92 Å². The van der Waals surface area contributed by atoms with Crippen molar-refractivity contribution in [2.75, 3.05) is 31.3 Å². The van der Waals surface area contributed by atoms with Crippen molar-refractivity contribution in [3.63, 3.8) is 0 Å². The quantitative estimate of drug-likeness (QED) is 0.416. The van der Waals surface area contributed by atoms with Crippen molar-refractivity contribution in [3.8, 4) is 0 Å². The molecule has 0 aliphatic heterocycles. The fraction of sp³-hybridized carbons (Fsp3) is 0.222. The average molecular weight is 422 g/mol. The molecule has 0 radical (unpaired) electrons. The Bertz CT molecular complexity index is 944. The largest absolute Gasteiger partial charge is 0.376 e. The fourth-order valence-corrected chi connectivity index (χ4v) is 3.25. The monoisotopic (exact) mass is 421 g/mol. The van der Waals surface area contributed by atoms with Crippen LogP contribution in [0.15, 0.2) is 53.4 Å². The molecule has 0 aliphatic rings. The van der Waals surface area contributed by atoms with Gasteiger partial charge in [-0.1, -0.05) is 23.8 Å². The summed E-state index contributed by atoms with van der Waals surface area (Å²) in [7, 11) is -0.625. The Morgan fingerprint density at radius 1 is 1.04 bits per heavy atom. The van der Waals surface area contributed by atoms with Gasteiger partial charge >= 0.3 is 0 Å². The lowest BCUT2D eigenvalue weighted by Crippen LogP contribution is -2.45. The van der Waals surface area contributed by atoms with Crippen molar-refractivity contribution < 1.29 is 13.2 Å². The second-order valence-corrected chi connectivity index (χ2v) is 8.72. The number of carbonyl (C=O) groups excluding carboxylic acids is 1. The standard InChI is InChI=1S/C18H23N5O3S2/c1-13-7-9-14(10-8-13)19-12-17(24)21-22-18(27)20-15-5-4-6-16(11-15)28(25,26)23(2)3/h4-11,19H,12H2,1-3H3,(H,21,24)(H2,20,22,27). The summed E-state index contributed by atoms with van der Waals surface area (Å²) >= 11 is 5.12. The van der Waals surface area contributed by atoms with Crippen molar-refractivity contribution in [3.05, 3.63) is 54.1 Å². The number of sulfonamides is 1. The molecule has 4 N–H and O–H groups in total. The van der Waals surface area contributed by atoms with E-state index in [-0.39, 0.29) is 22.5 Å². The molecule has 0 aliphatic carbocycles. The number of amides is 1. The lowest BCUT2D eigenvalue weighted by molar-refractivity contribution is -0.119. The summed E-state index contributed by atoms with van der Waals surface area (Å²) in [5.74, 6) is -0.311. The van der Waals surface area contributed by atoms with Gasteiger partial charge in [-0.05, 0) is 49.5 Å². The lowest BCUT2D eigenvalue weighted by atomic mass is 10.2. The molecule has 2 aromatic rings. The van der Waals surface area contributed by atoms with E-state index >= 15 is 0 Å². The van der Waals surface area contributed by atoms with Crippen LogP contribution in [0.4, 0.5) is 11.4 Å². The minimum Gasteiger partial charge on any atom is -0.376 e. The van der Waals surface area contributed by atoms with Gasteiger partial charge in [-0.15, -0.1) is 0 Å². The van der Waals surface area contributed by atoms with E-state index in [0.29, 0.717) is 5.69 Å². The maximum absolute atomic E-state index is 12.2. The Morgan fingerprint density at radius 3 is 2.36 bits per heavy atom. The first-order valence-electron chi connectivity index (χ1n) is 8.37. The molecule has 0 heterocycles. The van der Waals surface area contributed by atoms with E-state index in [1.807, 2.05) is 31.2 Å². The molecule has 0 aromatic heterocycles. The molecule has 0 fully saturated rings. The number of hydrogen-bond acceptors (Lipinski definition) is 5. The van der Waals surface area contributed by atoms with Gasteiger partial charge in [-0.25, -0.2) is 12.7 Å². The smallest absolute Gasteiger partial charge is 0.257 e. The molecule has 150 valence electrons. The highest BCUT2D eigenvalue weighted by molar-refractivity contribution is 7.89. The number of benzene rings is 2. The molecule has 0 saturated carbocycles. The summed E-state index contributed by atoms with van der Waals surface area (Å²) in [5, 5.41) is 5.95. The van der Waals surface area contributed by atoms with Crippen molar-refractivity contribution in [2.24, 2.45) is 0 Å². The Hall–Kier alpha value is -2.69. The van der Waals surface area contributed by atoms with Crippen LogP contribution in [-0.2, 0) is 14.8 Å². The molecular weight excluding hydrogens is 398 g/mol. The van der Waals surface area contributed by atoms with Gasteiger partial charge in [-0.3, -0.25) is 15.6 Å². The third-order valence-electron chi connectivity index (χ3n) is 3.69. The van der Waals surface area contributed by atoms with Crippen molar-refractivity contribution in [2.45, 2.75) is 11.8 Å². The van der Waals surface area contributed by atoms with E-state index in [1.54, 1.807) is 12.1 Å². The van der Waals surface area contributed by atoms with Gasteiger partial charge in [0, 0.05) is 25.5 Å². The second-order valence-electron chi connectivity index (χ2n) is 6.16. The SMILES string of the molecule is Cc1ccc(NCC(=O)NNC(=S)Nc2cccc(S(=O)(=O)N(C)C)c2)cc1. The predicted molar refractivity (Wildman–Crippen MR) is 114 cm³/mol. The van der Waals surface area contributed by atoms with Crippen LogP contribution in [-0.4, -0.2) is 44.4 Å². The van der Waals surface area contributed by atoms with E-state index in [0.717, 1.165) is 15.6 Å². The summed E-state index contributed by atoms with van der Waals surface area (Å²) in [5.41, 5.74) is 7.49. The molecule has 28 heavy (non-hydrogen) atoms. The normalized spacial score (nSPS) is 11.0. The van der Waals surface area contributed by atoms with E-state index < -0.39 is 10.0 Å². The molecule has 0 spiro atoms. The van der Waals surface area contributed by atoms with Crippen LogP contribution in [0.2, 0.25) is 0 Å². The number of hydrazine groups is 1. The first-order valence-corrected chi connectivity index (χ1v) is 10.2. The van der Waals surface area contributed by atoms with Gasteiger partial charge < -0.3 is 10.6 Å². The van der Waals surface area contributed by atoms with Crippen LogP contribution in [0.25, 0.3) is 0 Å². The van der Waals surface area contributed by atoms with Gasteiger partial charge in [0.1, 0.15) is 0 Å². The minimum absolute atomic E-state index is 0.0647. The molecule has 0 unspecified atom stereocenters. The van der Waals surface area contributed by atoms with E-state index in [4.69, 9.17) is 12.2 Å². The topological polar surface area (TPSA) is 103 Å². The number of anilines is 2. The summed E-state index contributed by atoms with van der Waals surface area (Å²) in [6.45, 7) is 2.05. The maximum Gasteiger partial charge on any atom is 0.257 e. The number of carbonyl (C=O) groups is 1. The van der Waals surface area contributed by atoms with Gasteiger partial charge in [0.15, 0.2) is 5.11 Å². The number of nitrogens with zero attached hydrogens (tertiary/aromatic N) is 1. The summed E-state index contributed by atoms with van der Waals surface area (Å²) in [6.07, 6.45) is 0. The van der Waals surface area contributed by atoms with Crippen molar-refractivity contribution in [1.29, 1.82) is 0 Å². The summed E-state index contributed by atoms with van der Waals surface area (Å²) < 4.78 is 25.5. The molecule has 0 atom stereocenters. The van der Waals surface area contributed by atoms with Crippen LogP contribution in [0.1, 0.15) is 5.56 Å². The van der Waals surface area contributed by atoms with Gasteiger partial charge in [0.2, 0.25) is 10.0 Å². The molecule has 10 heteroatoms. The molecule has 0 bridgehead atoms. The highest BCUT2D eigenvalue weighted by Crippen LogP contribution is 2.17. The molecular formula is C18H23N5O3S2. The molecule has 2 aromatic carbocycles.